The van der Waals surface area contributed by atoms with Crippen molar-refractivity contribution in [3.8, 4) is 0 Å². The van der Waals surface area contributed by atoms with Crippen molar-refractivity contribution in [1.82, 2.24) is 9.88 Å². The highest BCUT2D eigenvalue weighted by Gasteiger charge is 2.11. The molecular weight excluding hydrogens is 238 g/mol. The molecule has 0 saturated carbocycles. The normalized spacial score (nSPS) is 12.5. The molecule has 0 bridgehead atoms. The Kier molecular flexibility index (Phi) is 5.37. The van der Waals surface area contributed by atoms with Gasteiger partial charge in [0.25, 0.3) is 0 Å². The van der Waals surface area contributed by atoms with E-state index in [1.54, 1.807) is 5.38 Å². The molecule has 0 amide bonds. The second-order valence-corrected chi connectivity index (χ2v) is 5.02. The van der Waals surface area contributed by atoms with E-state index in [0.29, 0.717) is 11.7 Å². The van der Waals surface area contributed by atoms with E-state index >= 15 is 0 Å². The monoisotopic (exact) mass is 257 g/mol. The van der Waals surface area contributed by atoms with Crippen LogP contribution in [-0.4, -0.2) is 49.6 Å². The van der Waals surface area contributed by atoms with Gasteiger partial charge in [-0.25, -0.2) is 9.78 Å². The number of carbonyl (C=O) groups is 1. The van der Waals surface area contributed by atoms with Crippen molar-refractivity contribution in [1.29, 1.82) is 0 Å². The summed E-state index contributed by atoms with van der Waals surface area (Å²) in [5.41, 5.74) is 0.361. The zero-order valence-corrected chi connectivity index (χ0v) is 11.5. The van der Waals surface area contributed by atoms with Crippen LogP contribution in [0.5, 0.6) is 0 Å². The van der Waals surface area contributed by atoms with Crippen LogP contribution in [-0.2, 0) is 4.74 Å². The summed E-state index contributed by atoms with van der Waals surface area (Å²) >= 11 is 1.42. The van der Waals surface area contributed by atoms with Crippen LogP contribution in [0.1, 0.15) is 23.8 Å². The summed E-state index contributed by atoms with van der Waals surface area (Å²) in [7, 11) is 5.45. The molecule has 0 aromatic carbocycles. The number of nitrogens with one attached hydrogen (secondary N) is 1. The highest BCUT2D eigenvalue weighted by atomic mass is 32.1. The Morgan fingerprint density at radius 2 is 2.35 bits per heavy atom. The molecule has 1 N–H and O–H groups in total. The topological polar surface area (TPSA) is 54.5 Å². The van der Waals surface area contributed by atoms with Gasteiger partial charge in [-0.2, -0.15) is 0 Å². The van der Waals surface area contributed by atoms with Gasteiger partial charge in [0.15, 0.2) is 10.8 Å². The number of aromatic nitrogens is 1. The van der Waals surface area contributed by atoms with Crippen molar-refractivity contribution in [3.05, 3.63) is 11.1 Å². The van der Waals surface area contributed by atoms with E-state index in [1.165, 1.54) is 18.4 Å². The van der Waals surface area contributed by atoms with Crippen molar-refractivity contribution < 1.29 is 9.53 Å². The first kappa shape index (κ1) is 13.9. The molecule has 1 rings (SSSR count). The second-order valence-electron chi connectivity index (χ2n) is 4.17. The van der Waals surface area contributed by atoms with Gasteiger partial charge < -0.3 is 15.0 Å². The number of hydrogen-bond donors (Lipinski definition) is 1. The predicted molar refractivity (Wildman–Crippen MR) is 69.7 cm³/mol. The number of ether oxygens (including phenoxy) is 1. The lowest BCUT2D eigenvalue weighted by Gasteiger charge is -2.15. The van der Waals surface area contributed by atoms with Crippen LogP contribution in [0.4, 0.5) is 5.13 Å². The quantitative estimate of drug-likeness (QED) is 0.786. The molecule has 5 nitrogen and oxygen atoms in total. The molecule has 1 atom stereocenters. The van der Waals surface area contributed by atoms with Gasteiger partial charge in [-0.3, -0.25) is 0 Å². The van der Waals surface area contributed by atoms with E-state index in [1.807, 2.05) is 14.1 Å². The predicted octanol–water partition coefficient (Wildman–Crippen LogP) is 1.68. The average molecular weight is 257 g/mol. The number of carbonyl (C=O) groups excluding carboxylic acids is 1. The molecule has 1 aromatic rings. The lowest BCUT2D eigenvalue weighted by atomic mass is 10.2. The Morgan fingerprint density at radius 1 is 1.65 bits per heavy atom. The van der Waals surface area contributed by atoms with Crippen LogP contribution in [0.3, 0.4) is 0 Å². The fraction of sp³-hybridized carbons (Fsp3) is 0.636. The number of nitrogens with zero attached hydrogens (tertiary/aromatic N) is 2. The molecule has 0 fully saturated rings. The first-order chi connectivity index (χ1) is 8.02. The lowest BCUT2D eigenvalue weighted by molar-refractivity contribution is 0.0595. The third-order valence-corrected chi connectivity index (χ3v) is 3.05. The minimum Gasteiger partial charge on any atom is -0.464 e. The fourth-order valence-corrected chi connectivity index (χ4v) is 2.07. The summed E-state index contributed by atoms with van der Waals surface area (Å²) in [5.74, 6) is -0.393. The van der Waals surface area contributed by atoms with Crippen LogP contribution in [0.25, 0.3) is 0 Å². The van der Waals surface area contributed by atoms with Crippen LogP contribution in [0.2, 0.25) is 0 Å². The second kappa shape index (κ2) is 6.56. The smallest absolute Gasteiger partial charge is 0.357 e. The van der Waals surface area contributed by atoms with Crippen molar-refractivity contribution >= 4 is 22.4 Å². The zero-order valence-electron chi connectivity index (χ0n) is 10.7. The molecule has 0 spiro atoms. The molecule has 6 heteroatoms. The number of rotatable bonds is 6. The van der Waals surface area contributed by atoms with Crippen LogP contribution in [0, 0.1) is 0 Å². The molecule has 1 unspecified atom stereocenters. The minimum atomic E-state index is -0.393. The number of hydrogen-bond acceptors (Lipinski definition) is 6. The third kappa shape index (κ3) is 4.70. The molecular formula is C11H19N3O2S. The van der Waals surface area contributed by atoms with Gasteiger partial charge in [0, 0.05) is 11.4 Å². The molecule has 96 valence electrons. The largest absolute Gasteiger partial charge is 0.464 e. The average Bonchev–Trinajstić information content (AvgIpc) is 2.73. The molecule has 17 heavy (non-hydrogen) atoms. The Hall–Kier alpha value is -1.14. The molecule has 0 aliphatic carbocycles. The fourth-order valence-electron chi connectivity index (χ4n) is 1.27. The van der Waals surface area contributed by atoms with Gasteiger partial charge in [0.1, 0.15) is 0 Å². The summed E-state index contributed by atoms with van der Waals surface area (Å²) in [4.78, 5) is 17.5. The molecule has 1 aromatic heterocycles. The van der Waals surface area contributed by atoms with Crippen molar-refractivity contribution in [2.75, 3.05) is 33.1 Å². The van der Waals surface area contributed by atoms with E-state index < -0.39 is 5.97 Å². The number of methoxy groups -OCH3 is 1. The number of esters is 1. The first-order valence-corrected chi connectivity index (χ1v) is 6.36. The number of anilines is 1. The molecule has 1 heterocycles. The standard InChI is InChI=1S/C11H19N3O2S/c1-8(5-6-14(2)3)12-11-13-9(7-17-11)10(15)16-4/h7-8H,5-6H2,1-4H3,(H,12,13). The minimum absolute atomic E-state index is 0.328. The Morgan fingerprint density at radius 3 is 2.94 bits per heavy atom. The SMILES string of the molecule is COC(=O)c1csc(NC(C)CCN(C)C)n1. The Bertz CT molecular complexity index is 365. The molecule has 0 aliphatic rings. The maximum atomic E-state index is 11.2. The van der Waals surface area contributed by atoms with Crippen molar-refractivity contribution in [2.45, 2.75) is 19.4 Å². The highest BCUT2D eigenvalue weighted by molar-refractivity contribution is 7.13. The zero-order chi connectivity index (χ0) is 12.8. The van der Waals surface area contributed by atoms with Gasteiger partial charge in [-0.05, 0) is 34.0 Å². The first-order valence-electron chi connectivity index (χ1n) is 5.48. The number of thiazole rings is 1. The Labute approximate surface area is 106 Å². The molecule has 0 saturated heterocycles. The van der Waals surface area contributed by atoms with E-state index in [4.69, 9.17) is 0 Å². The van der Waals surface area contributed by atoms with Crippen LogP contribution >= 0.6 is 11.3 Å². The van der Waals surface area contributed by atoms with Gasteiger partial charge in [-0.15, -0.1) is 11.3 Å². The summed E-state index contributed by atoms with van der Waals surface area (Å²) < 4.78 is 4.60. The maximum absolute atomic E-state index is 11.2. The summed E-state index contributed by atoms with van der Waals surface area (Å²) in [6.07, 6.45) is 1.03. The van der Waals surface area contributed by atoms with E-state index in [9.17, 15) is 4.79 Å². The third-order valence-electron chi connectivity index (χ3n) is 2.28. The Balaban J connectivity index is 2.46. The highest BCUT2D eigenvalue weighted by Crippen LogP contribution is 2.17. The van der Waals surface area contributed by atoms with Crippen molar-refractivity contribution in [2.24, 2.45) is 0 Å². The van der Waals surface area contributed by atoms with Crippen LogP contribution in [0.15, 0.2) is 5.38 Å². The van der Waals surface area contributed by atoms with Crippen LogP contribution < -0.4 is 5.32 Å². The molecule has 0 aliphatic heterocycles. The summed E-state index contributed by atoms with van der Waals surface area (Å²) in [5, 5.41) is 5.73. The van der Waals surface area contributed by atoms with Crippen molar-refractivity contribution in [3.63, 3.8) is 0 Å². The van der Waals surface area contributed by atoms with E-state index in [-0.39, 0.29) is 0 Å². The van der Waals surface area contributed by atoms with Gasteiger partial charge >= 0.3 is 5.97 Å². The van der Waals surface area contributed by atoms with Gasteiger partial charge in [0.2, 0.25) is 0 Å². The van der Waals surface area contributed by atoms with E-state index in [0.717, 1.165) is 18.1 Å². The summed E-state index contributed by atoms with van der Waals surface area (Å²) in [6, 6.07) is 0.328. The molecule has 0 radical (unpaired) electrons. The maximum Gasteiger partial charge on any atom is 0.357 e. The van der Waals surface area contributed by atoms with Gasteiger partial charge in [-0.1, -0.05) is 0 Å². The summed E-state index contributed by atoms with van der Waals surface area (Å²) in [6.45, 7) is 3.12. The van der Waals surface area contributed by atoms with Gasteiger partial charge in [0.05, 0.1) is 7.11 Å². The lowest BCUT2D eigenvalue weighted by Crippen LogP contribution is -2.22. The van der Waals surface area contributed by atoms with E-state index in [2.05, 4.69) is 26.9 Å².